The predicted molar refractivity (Wildman–Crippen MR) is 66.2 cm³/mol. The van der Waals surface area contributed by atoms with Crippen LogP contribution in [0.3, 0.4) is 0 Å². The van der Waals surface area contributed by atoms with Gasteiger partial charge in [0.05, 0.1) is 6.42 Å². The first-order valence-corrected chi connectivity index (χ1v) is 5.56. The van der Waals surface area contributed by atoms with E-state index in [-0.39, 0.29) is 12.3 Å². The van der Waals surface area contributed by atoms with Gasteiger partial charge in [0.15, 0.2) is 0 Å². The van der Waals surface area contributed by atoms with Gasteiger partial charge in [0.2, 0.25) is 5.91 Å². The van der Waals surface area contributed by atoms with Gasteiger partial charge in [0.25, 0.3) is 0 Å². The largest absolute Gasteiger partial charge is 0.481 e. The molecule has 0 fully saturated rings. The molecule has 17 heavy (non-hydrogen) atoms. The van der Waals surface area contributed by atoms with Gasteiger partial charge in [0.1, 0.15) is 0 Å². The summed E-state index contributed by atoms with van der Waals surface area (Å²) in [6.07, 6.45) is -0.182. The number of carbonyl (C=O) groups is 2. The summed E-state index contributed by atoms with van der Waals surface area (Å²) in [5, 5.41) is 11.9. The van der Waals surface area contributed by atoms with Crippen LogP contribution in [0.1, 0.15) is 18.9 Å². The molecule has 0 aliphatic heterocycles. The molecule has 0 saturated carbocycles. The molecule has 0 saturated heterocycles. The van der Waals surface area contributed by atoms with Crippen LogP contribution in [0.25, 0.3) is 0 Å². The van der Waals surface area contributed by atoms with E-state index in [1.54, 1.807) is 25.1 Å². The van der Waals surface area contributed by atoms with E-state index >= 15 is 0 Å². The van der Waals surface area contributed by atoms with E-state index in [0.29, 0.717) is 10.7 Å². The smallest absolute Gasteiger partial charge is 0.304 e. The van der Waals surface area contributed by atoms with Crippen LogP contribution in [0.5, 0.6) is 0 Å². The Labute approximate surface area is 105 Å². The standard InChI is InChI=1S/C12H14ClNO3/c1-7-5-9(13)3-4-10(7)14-12(17)8(2)6-11(15)16/h3-5,8H,6H2,1-2H3,(H,14,17)(H,15,16). The van der Waals surface area contributed by atoms with Crippen LogP contribution in [0, 0.1) is 12.8 Å². The second kappa shape index (κ2) is 5.68. The number of carbonyl (C=O) groups excluding carboxylic acids is 1. The van der Waals surface area contributed by atoms with Crippen LogP contribution in [0.15, 0.2) is 18.2 Å². The average Bonchev–Trinajstić information content (AvgIpc) is 2.21. The van der Waals surface area contributed by atoms with Crippen LogP contribution < -0.4 is 5.32 Å². The van der Waals surface area contributed by atoms with Crippen molar-refractivity contribution in [3.8, 4) is 0 Å². The van der Waals surface area contributed by atoms with Gasteiger partial charge in [-0.2, -0.15) is 0 Å². The number of benzene rings is 1. The lowest BCUT2D eigenvalue weighted by molar-refractivity contribution is -0.139. The normalized spacial score (nSPS) is 11.9. The molecular weight excluding hydrogens is 242 g/mol. The van der Waals surface area contributed by atoms with Crippen molar-refractivity contribution in [1.29, 1.82) is 0 Å². The number of amides is 1. The van der Waals surface area contributed by atoms with E-state index in [1.165, 1.54) is 0 Å². The molecule has 0 aliphatic rings. The quantitative estimate of drug-likeness (QED) is 0.869. The zero-order valence-corrected chi connectivity index (χ0v) is 10.4. The van der Waals surface area contributed by atoms with Crippen molar-refractivity contribution in [1.82, 2.24) is 0 Å². The number of rotatable bonds is 4. The molecule has 0 heterocycles. The zero-order valence-electron chi connectivity index (χ0n) is 9.66. The van der Waals surface area contributed by atoms with Gasteiger partial charge >= 0.3 is 5.97 Å². The summed E-state index contributed by atoms with van der Waals surface area (Å²) in [6, 6.07) is 5.11. The van der Waals surface area contributed by atoms with Crippen molar-refractivity contribution < 1.29 is 14.7 Å². The topological polar surface area (TPSA) is 66.4 Å². The molecule has 1 aromatic rings. The maximum absolute atomic E-state index is 11.7. The fraction of sp³-hybridized carbons (Fsp3) is 0.333. The van der Waals surface area contributed by atoms with Crippen molar-refractivity contribution in [3.63, 3.8) is 0 Å². The van der Waals surface area contributed by atoms with E-state index in [9.17, 15) is 9.59 Å². The fourth-order valence-electron chi connectivity index (χ4n) is 1.38. The minimum absolute atomic E-state index is 0.182. The Balaban J connectivity index is 2.71. The summed E-state index contributed by atoms with van der Waals surface area (Å²) in [5.41, 5.74) is 1.49. The first-order valence-electron chi connectivity index (χ1n) is 5.19. The van der Waals surface area contributed by atoms with E-state index in [2.05, 4.69) is 5.32 Å². The summed E-state index contributed by atoms with van der Waals surface area (Å²) < 4.78 is 0. The second-order valence-electron chi connectivity index (χ2n) is 3.95. The number of carboxylic acids is 1. The van der Waals surface area contributed by atoms with Gasteiger partial charge in [0, 0.05) is 16.6 Å². The highest BCUT2D eigenvalue weighted by molar-refractivity contribution is 6.30. The Morgan fingerprint density at radius 2 is 2.12 bits per heavy atom. The van der Waals surface area contributed by atoms with Crippen molar-refractivity contribution in [2.24, 2.45) is 5.92 Å². The highest BCUT2D eigenvalue weighted by Gasteiger charge is 2.17. The number of halogens is 1. The number of hydrogen-bond acceptors (Lipinski definition) is 2. The van der Waals surface area contributed by atoms with Gasteiger partial charge < -0.3 is 10.4 Å². The van der Waals surface area contributed by atoms with Gasteiger partial charge in [-0.3, -0.25) is 9.59 Å². The lowest BCUT2D eigenvalue weighted by Crippen LogP contribution is -2.23. The lowest BCUT2D eigenvalue weighted by atomic mass is 10.1. The third-order valence-electron chi connectivity index (χ3n) is 2.37. The molecule has 4 nitrogen and oxygen atoms in total. The third-order valence-corrected chi connectivity index (χ3v) is 2.61. The monoisotopic (exact) mass is 255 g/mol. The Morgan fingerprint density at radius 3 is 2.65 bits per heavy atom. The molecule has 0 radical (unpaired) electrons. The van der Waals surface area contributed by atoms with E-state index < -0.39 is 11.9 Å². The summed E-state index contributed by atoms with van der Waals surface area (Å²) in [5.74, 6) is -1.86. The summed E-state index contributed by atoms with van der Waals surface area (Å²) in [6.45, 7) is 3.40. The van der Waals surface area contributed by atoms with Crippen LogP contribution >= 0.6 is 11.6 Å². The SMILES string of the molecule is Cc1cc(Cl)ccc1NC(=O)C(C)CC(=O)O. The molecule has 0 aliphatic carbocycles. The molecule has 92 valence electrons. The molecule has 1 amide bonds. The molecular formula is C12H14ClNO3. The van der Waals surface area contributed by atoms with E-state index in [1.807, 2.05) is 6.92 Å². The van der Waals surface area contributed by atoms with Crippen molar-refractivity contribution in [2.75, 3.05) is 5.32 Å². The number of carboxylic acid groups (broad SMARTS) is 1. The molecule has 1 rings (SSSR count). The Bertz CT molecular complexity index is 445. The summed E-state index contributed by atoms with van der Waals surface area (Å²) >= 11 is 5.79. The summed E-state index contributed by atoms with van der Waals surface area (Å²) in [7, 11) is 0. The molecule has 1 unspecified atom stereocenters. The average molecular weight is 256 g/mol. The molecule has 1 atom stereocenters. The third kappa shape index (κ3) is 4.07. The number of hydrogen-bond donors (Lipinski definition) is 2. The maximum atomic E-state index is 11.7. The van der Waals surface area contributed by atoms with Crippen LogP contribution in [-0.2, 0) is 9.59 Å². The van der Waals surface area contributed by atoms with E-state index in [4.69, 9.17) is 16.7 Å². The first kappa shape index (κ1) is 13.5. The number of aliphatic carboxylic acids is 1. The Morgan fingerprint density at radius 1 is 1.47 bits per heavy atom. The molecule has 5 heteroatoms. The zero-order chi connectivity index (χ0) is 13.0. The Hall–Kier alpha value is -1.55. The van der Waals surface area contributed by atoms with Crippen LogP contribution in [0.2, 0.25) is 5.02 Å². The molecule has 2 N–H and O–H groups in total. The van der Waals surface area contributed by atoms with Gasteiger partial charge in [-0.25, -0.2) is 0 Å². The highest BCUT2D eigenvalue weighted by atomic mass is 35.5. The van der Waals surface area contributed by atoms with E-state index in [0.717, 1.165) is 5.56 Å². The predicted octanol–water partition coefficient (Wildman–Crippen LogP) is 2.70. The lowest BCUT2D eigenvalue weighted by Gasteiger charge is -2.12. The van der Waals surface area contributed by atoms with Crippen molar-refractivity contribution in [3.05, 3.63) is 28.8 Å². The minimum atomic E-state index is -0.986. The van der Waals surface area contributed by atoms with Gasteiger partial charge in [-0.15, -0.1) is 0 Å². The fourth-order valence-corrected chi connectivity index (χ4v) is 1.60. The number of aryl methyl sites for hydroxylation is 1. The van der Waals surface area contributed by atoms with Crippen LogP contribution in [-0.4, -0.2) is 17.0 Å². The van der Waals surface area contributed by atoms with Gasteiger partial charge in [-0.05, 0) is 30.7 Å². The number of anilines is 1. The number of nitrogens with one attached hydrogen (secondary N) is 1. The van der Waals surface area contributed by atoms with Gasteiger partial charge in [-0.1, -0.05) is 18.5 Å². The van der Waals surface area contributed by atoms with Crippen molar-refractivity contribution >= 4 is 29.2 Å². The molecule has 0 spiro atoms. The second-order valence-corrected chi connectivity index (χ2v) is 4.38. The molecule has 1 aromatic carbocycles. The van der Waals surface area contributed by atoms with Crippen molar-refractivity contribution in [2.45, 2.75) is 20.3 Å². The molecule has 0 aromatic heterocycles. The first-order chi connectivity index (χ1) is 7.90. The maximum Gasteiger partial charge on any atom is 0.304 e. The van der Waals surface area contributed by atoms with Crippen LogP contribution in [0.4, 0.5) is 5.69 Å². The molecule has 0 bridgehead atoms. The highest BCUT2D eigenvalue weighted by Crippen LogP contribution is 2.20. The minimum Gasteiger partial charge on any atom is -0.481 e. The Kier molecular flexibility index (Phi) is 4.52. The summed E-state index contributed by atoms with van der Waals surface area (Å²) in [4.78, 5) is 22.2.